The van der Waals surface area contributed by atoms with Crippen molar-refractivity contribution in [1.29, 1.82) is 0 Å². The summed E-state index contributed by atoms with van der Waals surface area (Å²) in [5.74, 6) is 0.444. The number of hydrogen-bond donors (Lipinski definition) is 0. The number of halogens is 2. The third kappa shape index (κ3) is 12.8. The number of anilines is 1. The number of nitrogens with zero attached hydrogens (tertiary/aromatic N) is 3. The van der Waals surface area contributed by atoms with Gasteiger partial charge in [-0.15, -0.1) is 0 Å². The summed E-state index contributed by atoms with van der Waals surface area (Å²) in [7, 11) is 0. The SMILES string of the molecule is CCCCCCCCCCCCCCC(=O)OC(C)n1c(=O)ccc2ccc(OCCCCN3CCN(c4cccc(Cl)c4Cl)CC3)cc21. The third-order valence-electron chi connectivity index (χ3n) is 9.59. The van der Waals surface area contributed by atoms with Crippen molar-refractivity contribution in [1.82, 2.24) is 9.47 Å². The van der Waals surface area contributed by atoms with Crippen LogP contribution in [0.1, 0.15) is 116 Å². The maximum absolute atomic E-state index is 12.9. The van der Waals surface area contributed by atoms with Gasteiger partial charge in [-0.25, -0.2) is 0 Å². The molecular formula is C40H57Cl2N3O4. The minimum Gasteiger partial charge on any atom is -0.494 e. The molecule has 49 heavy (non-hydrogen) atoms. The molecule has 0 saturated carbocycles. The topological polar surface area (TPSA) is 64.0 Å². The summed E-state index contributed by atoms with van der Waals surface area (Å²) in [5, 5.41) is 2.12. The fourth-order valence-electron chi connectivity index (χ4n) is 6.69. The molecule has 1 fully saturated rings. The quantitative estimate of drug-likeness (QED) is 0.0763. The van der Waals surface area contributed by atoms with Crippen LogP contribution in [0.25, 0.3) is 10.9 Å². The van der Waals surface area contributed by atoms with Crippen molar-refractivity contribution in [3.8, 4) is 5.75 Å². The average molecular weight is 715 g/mol. The van der Waals surface area contributed by atoms with Crippen LogP contribution in [0.5, 0.6) is 5.75 Å². The molecule has 0 N–H and O–H groups in total. The molecule has 0 radical (unpaired) electrons. The van der Waals surface area contributed by atoms with Gasteiger partial charge in [0.25, 0.3) is 5.56 Å². The Morgan fingerprint density at radius 2 is 1.45 bits per heavy atom. The predicted molar refractivity (Wildman–Crippen MR) is 205 cm³/mol. The molecule has 4 rings (SSSR count). The number of ether oxygens (including phenoxy) is 2. The molecule has 0 amide bonds. The van der Waals surface area contributed by atoms with Crippen LogP contribution in [0.4, 0.5) is 5.69 Å². The van der Waals surface area contributed by atoms with Crippen molar-refractivity contribution in [2.75, 3.05) is 44.2 Å². The minimum absolute atomic E-state index is 0.201. The molecule has 0 spiro atoms. The van der Waals surface area contributed by atoms with Gasteiger partial charge in [-0.2, -0.15) is 0 Å². The van der Waals surface area contributed by atoms with Gasteiger partial charge in [-0.05, 0) is 68.4 Å². The molecule has 270 valence electrons. The Balaban J connectivity index is 1.14. The Morgan fingerprint density at radius 1 is 0.796 bits per heavy atom. The van der Waals surface area contributed by atoms with Crippen LogP contribution in [-0.2, 0) is 9.53 Å². The number of hydrogen-bond acceptors (Lipinski definition) is 6. The van der Waals surface area contributed by atoms with E-state index in [-0.39, 0.29) is 11.5 Å². The van der Waals surface area contributed by atoms with Crippen molar-refractivity contribution in [3.05, 3.63) is 68.9 Å². The Kier molecular flexibility index (Phi) is 17.1. The highest BCUT2D eigenvalue weighted by Gasteiger charge is 2.20. The molecule has 0 aliphatic carbocycles. The van der Waals surface area contributed by atoms with Crippen LogP contribution < -0.4 is 15.2 Å². The van der Waals surface area contributed by atoms with E-state index in [1.54, 1.807) is 17.6 Å². The third-order valence-corrected chi connectivity index (χ3v) is 10.4. The van der Waals surface area contributed by atoms with E-state index in [0.717, 1.165) is 75.9 Å². The van der Waals surface area contributed by atoms with Crippen molar-refractivity contribution < 1.29 is 14.3 Å². The molecule has 9 heteroatoms. The molecule has 1 saturated heterocycles. The Morgan fingerprint density at radius 3 is 2.14 bits per heavy atom. The number of esters is 1. The number of benzene rings is 2. The lowest BCUT2D eigenvalue weighted by Crippen LogP contribution is -2.46. The fourth-order valence-corrected chi connectivity index (χ4v) is 7.10. The van der Waals surface area contributed by atoms with E-state index < -0.39 is 6.23 Å². The van der Waals surface area contributed by atoms with E-state index in [4.69, 9.17) is 32.7 Å². The molecule has 7 nitrogen and oxygen atoms in total. The number of fused-ring (bicyclic) bond motifs is 1. The number of unbranched alkanes of at least 4 members (excludes halogenated alkanes) is 12. The molecule has 2 heterocycles. The summed E-state index contributed by atoms with van der Waals surface area (Å²) in [5.41, 5.74) is 1.51. The highest BCUT2D eigenvalue weighted by atomic mass is 35.5. The van der Waals surface area contributed by atoms with Crippen molar-refractivity contribution in [2.24, 2.45) is 0 Å². The zero-order valence-corrected chi connectivity index (χ0v) is 31.3. The molecule has 0 bridgehead atoms. The first kappa shape index (κ1) is 39.1. The first-order valence-corrected chi connectivity index (χ1v) is 19.5. The number of rotatable bonds is 22. The summed E-state index contributed by atoms with van der Waals surface area (Å²) in [6.07, 6.45) is 16.6. The van der Waals surface area contributed by atoms with Crippen LogP contribution in [0.2, 0.25) is 10.0 Å². The zero-order chi connectivity index (χ0) is 34.8. The maximum atomic E-state index is 12.9. The van der Waals surface area contributed by atoms with Crippen LogP contribution >= 0.6 is 23.2 Å². The van der Waals surface area contributed by atoms with Gasteiger partial charge < -0.3 is 14.4 Å². The zero-order valence-electron chi connectivity index (χ0n) is 29.8. The molecule has 3 aromatic rings. The van der Waals surface area contributed by atoms with Gasteiger partial charge in [0.15, 0.2) is 6.23 Å². The van der Waals surface area contributed by atoms with E-state index >= 15 is 0 Å². The van der Waals surface area contributed by atoms with Crippen molar-refractivity contribution >= 4 is 45.8 Å². The molecular weight excluding hydrogens is 657 g/mol. The van der Waals surface area contributed by atoms with E-state index in [1.165, 1.54) is 63.9 Å². The van der Waals surface area contributed by atoms with Crippen LogP contribution in [-0.4, -0.2) is 54.8 Å². The first-order valence-electron chi connectivity index (χ1n) is 18.8. The largest absolute Gasteiger partial charge is 0.494 e. The van der Waals surface area contributed by atoms with Crippen LogP contribution in [0.15, 0.2) is 53.3 Å². The lowest BCUT2D eigenvalue weighted by Gasteiger charge is -2.36. The van der Waals surface area contributed by atoms with Gasteiger partial charge in [-0.3, -0.25) is 19.1 Å². The maximum Gasteiger partial charge on any atom is 0.307 e. The summed E-state index contributed by atoms with van der Waals surface area (Å²) >= 11 is 12.6. The summed E-state index contributed by atoms with van der Waals surface area (Å²) in [6, 6.07) is 14.9. The summed E-state index contributed by atoms with van der Waals surface area (Å²) in [4.78, 5) is 30.4. The van der Waals surface area contributed by atoms with E-state index in [9.17, 15) is 9.59 Å². The second-order valence-electron chi connectivity index (χ2n) is 13.4. The second-order valence-corrected chi connectivity index (χ2v) is 14.2. The Hall–Kier alpha value is -2.74. The molecule has 1 aliphatic heterocycles. The lowest BCUT2D eigenvalue weighted by molar-refractivity contribution is -0.152. The fraction of sp³-hybridized carbons (Fsp3) is 0.600. The average Bonchev–Trinajstić information content (AvgIpc) is 3.10. The van der Waals surface area contributed by atoms with Gasteiger partial charge >= 0.3 is 5.97 Å². The lowest BCUT2D eigenvalue weighted by atomic mass is 10.0. The molecule has 1 unspecified atom stereocenters. The molecule has 1 atom stereocenters. The normalized spacial score (nSPS) is 14.3. The number of pyridine rings is 1. The summed E-state index contributed by atoms with van der Waals surface area (Å²) in [6.45, 7) is 9.42. The highest BCUT2D eigenvalue weighted by molar-refractivity contribution is 6.43. The van der Waals surface area contributed by atoms with E-state index in [1.807, 2.05) is 36.4 Å². The Labute approximate surface area is 303 Å². The molecule has 2 aromatic carbocycles. The van der Waals surface area contributed by atoms with Crippen molar-refractivity contribution in [2.45, 2.75) is 116 Å². The van der Waals surface area contributed by atoms with Crippen LogP contribution in [0, 0.1) is 0 Å². The number of aromatic nitrogens is 1. The van der Waals surface area contributed by atoms with E-state index in [2.05, 4.69) is 16.7 Å². The minimum atomic E-state index is -0.702. The van der Waals surface area contributed by atoms with Gasteiger partial charge in [0.1, 0.15) is 5.75 Å². The van der Waals surface area contributed by atoms with E-state index in [0.29, 0.717) is 34.3 Å². The van der Waals surface area contributed by atoms with Crippen molar-refractivity contribution in [3.63, 3.8) is 0 Å². The van der Waals surface area contributed by atoms with Crippen LogP contribution in [0.3, 0.4) is 0 Å². The molecule has 1 aromatic heterocycles. The van der Waals surface area contributed by atoms with Gasteiger partial charge in [0, 0.05) is 44.7 Å². The monoisotopic (exact) mass is 713 g/mol. The number of carbonyl (C=O) groups excluding carboxylic acids is 1. The number of carbonyl (C=O) groups is 1. The summed E-state index contributed by atoms with van der Waals surface area (Å²) < 4.78 is 13.4. The smallest absolute Gasteiger partial charge is 0.307 e. The predicted octanol–water partition coefficient (Wildman–Crippen LogP) is 10.4. The van der Waals surface area contributed by atoms with Gasteiger partial charge in [0.2, 0.25) is 0 Å². The number of piperazine rings is 1. The van der Waals surface area contributed by atoms with Gasteiger partial charge in [0.05, 0.1) is 27.9 Å². The standard InChI is InChI=1S/C40H57Cl2N3O4/c1-3-4-5-6-7-8-9-10-11-12-13-14-20-39(47)49-32(2)45-37-31-34(23-21-33(37)22-24-38(45)46)48-30-16-15-25-43-26-28-44(29-27-43)36-19-17-18-35(41)40(36)42/h17-19,21-24,31-32H,3-16,20,25-30H2,1-2H3. The Bertz CT molecular complexity index is 1490. The van der Waals surface area contributed by atoms with Gasteiger partial charge in [-0.1, -0.05) is 107 Å². The molecule has 1 aliphatic rings. The highest BCUT2D eigenvalue weighted by Crippen LogP contribution is 2.33. The first-order chi connectivity index (χ1) is 23.9. The second kappa shape index (κ2) is 21.5.